The Labute approximate surface area is 196 Å². The van der Waals surface area contributed by atoms with Gasteiger partial charge in [-0.25, -0.2) is 0 Å². The van der Waals surface area contributed by atoms with E-state index in [1.165, 1.54) is 25.0 Å². The van der Waals surface area contributed by atoms with Gasteiger partial charge in [0, 0.05) is 45.1 Å². The molecule has 172 valence electrons. The summed E-state index contributed by atoms with van der Waals surface area (Å²) in [6.45, 7) is 1.79. The van der Waals surface area contributed by atoms with Gasteiger partial charge in [-0.2, -0.15) is 0 Å². The number of nitrogens with zero attached hydrogens (tertiary/aromatic N) is 4. The first kappa shape index (κ1) is 25.2. The number of aliphatic imine (C=N–C) groups is 1. The first-order valence-electron chi connectivity index (χ1n) is 10.2. The summed E-state index contributed by atoms with van der Waals surface area (Å²) < 4.78 is 44.0. The van der Waals surface area contributed by atoms with Crippen molar-refractivity contribution in [2.75, 3.05) is 13.6 Å². The van der Waals surface area contributed by atoms with Gasteiger partial charge in [-0.3, -0.25) is 4.99 Å². The Morgan fingerprint density at radius 2 is 1.97 bits per heavy atom. The molecule has 2 N–H and O–H groups in total. The smallest absolute Gasteiger partial charge is 0.405 e. The van der Waals surface area contributed by atoms with E-state index in [2.05, 4.69) is 35.1 Å². The van der Waals surface area contributed by atoms with Crippen molar-refractivity contribution in [3.8, 4) is 5.75 Å². The highest BCUT2D eigenvalue weighted by molar-refractivity contribution is 14.0. The Bertz CT molecular complexity index is 856. The van der Waals surface area contributed by atoms with Gasteiger partial charge in [-0.05, 0) is 25.3 Å². The lowest BCUT2D eigenvalue weighted by Gasteiger charge is -2.15. The molecule has 1 aliphatic rings. The summed E-state index contributed by atoms with van der Waals surface area (Å²) in [7, 11) is 1.62. The summed E-state index contributed by atoms with van der Waals surface area (Å²) in [5, 5.41) is 14.8. The quantitative estimate of drug-likeness (QED) is 0.237. The molecule has 0 radical (unpaired) electrons. The van der Waals surface area contributed by atoms with Crippen LogP contribution >= 0.6 is 24.0 Å². The first-order chi connectivity index (χ1) is 14.5. The highest BCUT2D eigenvalue weighted by Crippen LogP contribution is 2.26. The molecule has 0 aliphatic carbocycles. The van der Waals surface area contributed by atoms with Crippen LogP contribution in [0.3, 0.4) is 0 Å². The highest BCUT2D eigenvalue weighted by atomic mass is 127. The number of aromatic nitrogens is 3. The summed E-state index contributed by atoms with van der Waals surface area (Å²) in [5.74, 6) is 2.37. The third-order valence-electron chi connectivity index (χ3n) is 4.92. The van der Waals surface area contributed by atoms with E-state index in [-0.39, 0.29) is 36.3 Å². The van der Waals surface area contributed by atoms with Gasteiger partial charge >= 0.3 is 6.36 Å². The topological polar surface area (TPSA) is 76.4 Å². The van der Waals surface area contributed by atoms with E-state index >= 15 is 0 Å². The Balaban J connectivity index is 0.00000341. The molecule has 0 fully saturated rings. The maximum atomic E-state index is 12.5. The molecule has 0 atom stereocenters. The number of guanidine groups is 1. The zero-order valence-electron chi connectivity index (χ0n) is 17.4. The summed E-state index contributed by atoms with van der Waals surface area (Å²) in [5.41, 5.74) is 0.393. The van der Waals surface area contributed by atoms with E-state index in [4.69, 9.17) is 0 Å². The van der Waals surface area contributed by atoms with Crippen molar-refractivity contribution in [3.63, 3.8) is 0 Å². The number of hydrogen-bond donors (Lipinski definition) is 2. The lowest BCUT2D eigenvalue weighted by Crippen LogP contribution is -2.37. The van der Waals surface area contributed by atoms with Crippen molar-refractivity contribution in [1.82, 2.24) is 25.4 Å². The fraction of sp³-hybridized carbons (Fsp3) is 0.550. The minimum Gasteiger partial charge on any atom is -0.405 e. The molecule has 1 aromatic carbocycles. The molecule has 0 bridgehead atoms. The Hall–Kier alpha value is -2.05. The summed E-state index contributed by atoms with van der Waals surface area (Å²) in [6, 6.07) is 6.04. The standard InChI is InChI=1S/C20H27F3N6O.HI/c1-24-19(26-14-15-8-4-5-9-16(15)30-20(21,22)23)25-12-7-11-18-28-27-17-10-3-2-6-13-29(17)18;/h4-5,8-9H,2-3,6-7,10-14H2,1H3,(H2,24,25,26);1H. The molecule has 0 unspecified atom stereocenters. The molecule has 0 amide bonds. The second-order valence-corrected chi connectivity index (χ2v) is 7.11. The summed E-state index contributed by atoms with van der Waals surface area (Å²) in [4.78, 5) is 4.12. The van der Waals surface area contributed by atoms with Gasteiger partial charge in [-0.1, -0.05) is 24.6 Å². The molecule has 2 heterocycles. The number of alkyl halides is 3. The minimum absolute atomic E-state index is 0. The maximum Gasteiger partial charge on any atom is 0.573 e. The summed E-state index contributed by atoms with van der Waals surface area (Å²) >= 11 is 0. The van der Waals surface area contributed by atoms with Crippen molar-refractivity contribution in [1.29, 1.82) is 0 Å². The van der Waals surface area contributed by atoms with Gasteiger partial charge < -0.3 is 19.9 Å². The van der Waals surface area contributed by atoms with Crippen LogP contribution in [0.25, 0.3) is 0 Å². The zero-order valence-corrected chi connectivity index (χ0v) is 19.7. The van der Waals surface area contributed by atoms with Gasteiger partial charge in [0.2, 0.25) is 0 Å². The average molecular weight is 552 g/mol. The predicted molar refractivity (Wildman–Crippen MR) is 123 cm³/mol. The van der Waals surface area contributed by atoms with Crippen LogP contribution in [-0.4, -0.2) is 40.7 Å². The molecule has 31 heavy (non-hydrogen) atoms. The van der Waals surface area contributed by atoms with E-state index < -0.39 is 6.36 Å². The molecule has 0 saturated carbocycles. The third-order valence-corrected chi connectivity index (χ3v) is 4.92. The number of rotatable bonds is 7. The van der Waals surface area contributed by atoms with Crippen LogP contribution in [0.4, 0.5) is 13.2 Å². The van der Waals surface area contributed by atoms with Crippen LogP contribution in [0.2, 0.25) is 0 Å². The van der Waals surface area contributed by atoms with Crippen LogP contribution in [0.15, 0.2) is 29.3 Å². The third kappa shape index (κ3) is 7.86. The van der Waals surface area contributed by atoms with E-state index in [1.807, 2.05) is 0 Å². The van der Waals surface area contributed by atoms with Crippen molar-refractivity contribution in [3.05, 3.63) is 41.5 Å². The van der Waals surface area contributed by atoms with Crippen LogP contribution in [0, 0.1) is 0 Å². The number of fused-ring (bicyclic) bond motifs is 1. The Morgan fingerprint density at radius 1 is 1.16 bits per heavy atom. The van der Waals surface area contributed by atoms with Gasteiger partial charge in [0.15, 0.2) is 5.96 Å². The van der Waals surface area contributed by atoms with Crippen molar-refractivity contribution < 1.29 is 17.9 Å². The van der Waals surface area contributed by atoms with Crippen LogP contribution in [0.1, 0.15) is 42.9 Å². The normalized spacial score (nSPS) is 14.3. The average Bonchev–Trinajstić information content (AvgIpc) is 2.93. The largest absolute Gasteiger partial charge is 0.573 e. The predicted octanol–water partition coefficient (Wildman–Crippen LogP) is 3.82. The van der Waals surface area contributed by atoms with Gasteiger partial charge in [0.25, 0.3) is 0 Å². The minimum atomic E-state index is -4.73. The van der Waals surface area contributed by atoms with Gasteiger partial charge in [0.1, 0.15) is 17.4 Å². The van der Waals surface area contributed by atoms with Crippen LogP contribution in [0.5, 0.6) is 5.75 Å². The SMILES string of the molecule is CN=C(NCCCc1nnc2n1CCCCC2)NCc1ccccc1OC(F)(F)F.I. The number of nitrogens with one attached hydrogen (secondary N) is 2. The number of benzene rings is 1. The second-order valence-electron chi connectivity index (χ2n) is 7.11. The molecule has 7 nitrogen and oxygen atoms in total. The molecule has 0 saturated heterocycles. The van der Waals surface area contributed by atoms with Gasteiger partial charge in [-0.15, -0.1) is 47.3 Å². The van der Waals surface area contributed by atoms with E-state index in [9.17, 15) is 13.2 Å². The molecular formula is C20H28F3IN6O. The highest BCUT2D eigenvalue weighted by Gasteiger charge is 2.31. The van der Waals surface area contributed by atoms with Crippen molar-refractivity contribution in [2.24, 2.45) is 4.99 Å². The summed E-state index contributed by atoms with van der Waals surface area (Å²) in [6.07, 6.45) is 1.46. The molecular weight excluding hydrogens is 524 g/mol. The van der Waals surface area contributed by atoms with E-state index in [1.54, 1.807) is 19.2 Å². The van der Waals surface area contributed by atoms with Crippen LogP contribution < -0.4 is 15.4 Å². The van der Waals surface area contributed by atoms with E-state index in [0.717, 1.165) is 43.9 Å². The number of hydrogen-bond acceptors (Lipinski definition) is 4. The fourth-order valence-electron chi connectivity index (χ4n) is 3.46. The Morgan fingerprint density at radius 3 is 2.74 bits per heavy atom. The molecule has 1 aliphatic heterocycles. The number of para-hydroxylation sites is 1. The molecule has 0 spiro atoms. The molecule has 2 aromatic rings. The first-order valence-corrected chi connectivity index (χ1v) is 10.2. The van der Waals surface area contributed by atoms with Crippen molar-refractivity contribution in [2.45, 2.75) is 58.0 Å². The van der Waals surface area contributed by atoms with Crippen LogP contribution in [-0.2, 0) is 25.9 Å². The lowest BCUT2D eigenvalue weighted by molar-refractivity contribution is -0.274. The molecule has 11 heteroatoms. The lowest BCUT2D eigenvalue weighted by atomic mass is 10.2. The monoisotopic (exact) mass is 552 g/mol. The zero-order chi connectivity index (χ0) is 21.4. The fourth-order valence-corrected chi connectivity index (χ4v) is 3.46. The molecule has 1 aromatic heterocycles. The Kier molecular flexibility index (Phi) is 9.85. The molecule has 3 rings (SSSR count). The number of halogens is 4. The maximum absolute atomic E-state index is 12.5. The number of aryl methyl sites for hydroxylation is 2. The van der Waals surface area contributed by atoms with E-state index in [0.29, 0.717) is 18.1 Å². The van der Waals surface area contributed by atoms with Gasteiger partial charge in [0.05, 0.1) is 0 Å². The number of ether oxygens (including phenoxy) is 1. The van der Waals surface area contributed by atoms with Crippen molar-refractivity contribution >= 4 is 29.9 Å². The second kappa shape index (κ2) is 12.1.